The molecule has 0 radical (unpaired) electrons. The van der Waals surface area contributed by atoms with E-state index in [2.05, 4.69) is 0 Å². The van der Waals surface area contributed by atoms with E-state index in [0.29, 0.717) is 15.9 Å². The van der Waals surface area contributed by atoms with Crippen LogP contribution in [-0.2, 0) is 4.79 Å². The minimum absolute atomic E-state index is 0.0717. The summed E-state index contributed by atoms with van der Waals surface area (Å²) in [6.07, 6.45) is 0.0717. The van der Waals surface area contributed by atoms with Gasteiger partial charge < -0.3 is 0 Å². The summed E-state index contributed by atoms with van der Waals surface area (Å²) in [5.74, 6) is 0.0563. The first-order valence-corrected chi connectivity index (χ1v) is 8.34. The molecule has 7 heteroatoms. The third-order valence-electron chi connectivity index (χ3n) is 3.35. The number of ketones is 1. The van der Waals surface area contributed by atoms with Gasteiger partial charge in [-0.25, -0.2) is 0 Å². The molecule has 1 unspecified atom stereocenters. The summed E-state index contributed by atoms with van der Waals surface area (Å²) >= 11 is -0.124. The zero-order valence-electron chi connectivity index (χ0n) is 12.5. The van der Waals surface area contributed by atoms with Crippen molar-refractivity contribution in [2.45, 2.75) is 13.3 Å². The Hall–Kier alpha value is -1.82. The second-order valence-electron chi connectivity index (χ2n) is 4.86. The number of amides is 1. The Morgan fingerprint density at radius 2 is 1.86 bits per heavy atom. The van der Waals surface area contributed by atoms with Crippen LogP contribution in [0.1, 0.15) is 22.6 Å². The van der Waals surface area contributed by atoms with Crippen molar-refractivity contribution < 1.29 is 24.3 Å². The second-order valence-corrected chi connectivity index (χ2v) is 7.13. The molecule has 0 aliphatic rings. The van der Waals surface area contributed by atoms with Gasteiger partial charge >= 0.3 is 133 Å². The number of hydrogen-bond donors (Lipinski definition) is 2. The van der Waals surface area contributed by atoms with Crippen LogP contribution in [0, 0.1) is 5.92 Å². The molecule has 1 amide bonds. The fraction of sp³-hybridized carbons (Fsp3) is 0.333. The summed E-state index contributed by atoms with van der Waals surface area (Å²) in [5.41, 5.74) is 1.57. The molecule has 118 valence electrons. The summed E-state index contributed by atoms with van der Waals surface area (Å²) in [6.45, 7) is 1.60. The predicted octanol–water partition coefficient (Wildman–Crippen LogP) is 1.63. The van der Waals surface area contributed by atoms with Crippen molar-refractivity contribution in [3.8, 4) is 11.5 Å². The quantitative estimate of drug-likeness (QED) is 0.349. The maximum absolute atomic E-state index is 12.3. The average molecular weight is 370 g/mol. The van der Waals surface area contributed by atoms with E-state index in [0.717, 1.165) is 9.65 Å². The Morgan fingerprint density at radius 1 is 1.23 bits per heavy atom. The molecular formula is C15H17NO5Se. The van der Waals surface area contributed by atoms with Crippen molar-refractivity contribution in [2.75, 3.05) is 14.2 Å². The van der Waals surface area contributed by atoms with Crippen LogP contribution in [0.25, 0.3) is 9.65 Å². The number of nitrogens with one attached hydrogen (secondary N) is 1. The van der Waals surface area contributed by atoms with Crippen molar-refractivity contribution in [1.82, 2.24) is 5.48 Å². The number of methoxy groups -OCH3 is 2. The molecule has 22 heavy (non-hydrogen) atoms. The Bertz CT molecular complexity index is 668. The topological polar surface area (TPSA) is 84.9 Å². The van der Waals surface area contributed by atoms with Gasteiger partial charge in [-0.15, -0.1) is 0 Å². The molecule has 1 heterocycles. The van der Waals surface area contributed by atoms with E-state index >= 15 is 0 Å². The van der Waals surface area contributed by atoms with Crippen LogP contribution >= 0.6 is 0 Å². The Kier molecular flexibility index (Phi) is 5.23. The van der Waals surface area contributed by atoms with Crippen molar-refractivity contribution in [3.63, 3.8) is 0 Å². The standard InChI is InChI=1S/C15H17NO5Se/c1-8(15(18)16-19)4-10(17)14-6-9-5-11(20-2)12(21-3)7-13(9)22-14/h5-8,19H,4H2,1-3H3,(H,16,18). The van der Waals surface area contributed by atoms with E-state index < -0.39 is 11.8 Å². The first kappa shape index (κ1) is 16.5. The van der Waals surface area contributed by atoms with Gasteiger partial charge in [-0.05, 0) is 0 Å². The number of ether oxygens (including phenoxy) is 2. The number of hydroxylamine groups is 1. The van der Waals surface area contributed by atoms with E-state index in [-0.39, 0.29) is 26.7 Å². The fourth-order valence-corrected chi connectivity index (χ4v) is 4.23. The van der Waals surface area contributed by atoms with E-state index in [1.54, 1.807) is 26.6 Å². The van der Waals surface area contributed by atoms with Crippen molar-refractivity contribution >= 4 is 35.8 Å². The van der Waals surface area contributed by atoms with Crippen LogP contribution in [0.5, 0.6) is 11.5 Å². The number of rotatable bonds is 6. The first-order valence-electron chi connectivity index (χ1n) is 6.62. The van der Waals surface area contributed by atoms with Gasteiger partial charge in [0.15, 0.2) is 0 Å². The van der Waals surface area contributed by atoms with Crippen LogP contribution in [0.2, 0.25) is 0 Å². The Morgan fingerprint density at radius 3 is 2.45 bits per heavy atom. The maximum atomic E-state index is 12.3. The Labute approximate surface area is 133 Å². The van der Waals surface area contributed by atoms with Gasteiger partial charge in [0.05, 0.1) is 0 Å². The van der Waals surface area contributed by atoms with E-state index in [1.165, 1.54) is 0 Å². The summed E-state index contributed by atoms with van der Waals surface area (Å²) in [5, 5.41) is 9.54. The van der Waals surface area contributed by atoms with Gasteiger partial charge in [0.2, 0.25) is 0 Å². The van der Waals surface area contributed by atoms with Crippen molar-refractivity contribution in [3.05, 3.63) is 22.6 Å². The van der Waals surface area contributed by atoms with Gasteiger partial charge in [0.1, 0.15) is 0 Å². The van der Waals surface area contributed by atoms with Crippen LogP contribution in [0.4, 0.5) is 0 Å². The molecule has 0 spiro atoms. The number of Topliss-reactive ketones (excluding diaryl/α,β-unsaturated/α-hetero) is 1. The SMILES string of the molecule is COc1cc2cc(C(=O)CC(C)C(=O)NO)[se]c2cc1OC. The number of benzene rings is 1. The van der Waals surface area contributed by atoms with Crippen LogP contribution in [0.15, 0.2) is 18.2 Å². The Balaban J connectivity index is 2.29. The number of fused-ring (bicyclic) bond motifs is 1. The van der Waals surface area contributed by atoms with Gasteiger partial charge in [-0.1, -0.05) is 0 Å². The van der Waals surface area contributed by atoms with E-state index in [1.807, 2.05) is 18.2 Å². The van der Waals surface area contributed by atoms with Gasteiger partial charge in [-0.2, -0.15) is 0 Å². The average Bonchev–Trinajstić information content (AvgIpc) is 2.95. The molecule has 0 aliphatic heterocycles. The molecule has 0 saturated heterocycles. The third kappa shape index (κ3) is 3.32. The fourth-order valence-electron chi connectivity index (χ4n) is 2.09. The van der Waals surface area contributed by atoms with Crippen molar-refractivity contribution in [2.24, 2.45) is 5.92 Å². The molecule has 1 atom stereocenters. The molecule has 6 nitrogen and oxygen atoms in total. The van der Waals surface area contributed by atoms with E-state index in [9.17, 15) is 9.59 Å². The summed E-state index contributed by atoms with van der Waals surface area (Å²) in [6, 6.07) is 5.57. The zero-order chi connectivity index (χ0) is 16.3. The summed E-state index contributed by atoms with van der Waals surface area (Å²) in [4.78, 5) is 23.6. The van der Waals surface area contributed by atoms with Gasteiger partial charge in [0, 0.05) is 0 Å². The molecule has 2 N–H and O–H groups in total. The van der Waals surface area contributed by atoms with Gasteiger partial charge in [-0.3, -0.25) is 0 Å². The van der Waals surface area contributed by atoms with Crippen LogP contribution in [-0.4, -0.2) is 45.6 Å². The molecule has 1 aromatic carbocycles. The summed E-state index contributed by atoms with van der Waals surface area (Å²) < 4.78 is 12.3. The predicted molar refractivity (Wildman–Crippen MR) is 82.0 cm³/mol. The molecule has 2 aromatic rings. The summed E-state index contributed by atoms with van der Waals surface area (Å²) in [7, 11) is 3.14. The molecule has 0 fully saturated rings. The van der Waals surface area contributed by atoms with Crippen molar-refractivity contribution in [1.29, 1.82) is 0 Å². The van der Waals surface area contributed by atoms with Crippen LogP contribution in [0.3, 0.4) is 0 Å². The zero-order valence-corrected chi connectivity index (χ0v) is 14.2. The minimum atomic E-state index is -0.568. The van der Waals surface area contributed by atoms with Gasteiger partial charge in [0.25, 0.3) is 0 Å². The van der Waals surface area contributed by atoms with E-state index in [4.69, 9.17) is 14.7 Å². The van der Waals surface area contributed by atoms with Crippen LogP contribution < -0.4 is 15.0 Å². The monoisotopic (exact) mass is 371 g/mol. The molecule has 0 bridgehead atoms. The normalized spacial score (nSPS) is 12.0. The molecule has 2 rings (SSSR count). The number of carbonyl (C=O) groups excluding carboxylic acids is 2. The molecular weight excluding hydrogens is 353 g/mol. The number of carbonyl (C=O) groups is 2. The third-order valence-corrected chi connectivity index (χ3v) is 5.74. The molecule has 1 aromatic heterocycles. The molecule has 0 aliphatic carbocycles. The first-order chi connectivity index (χ1) is 10.5. The number of hydrogen-bond acceptors (Lipinski definition) is 5. The second kappa shape index (κ2) is 6.96. The molecule has 0 saturated carbocycles.